The number of aromatic hydroxyl groups is 1. The van der Waals surface area contributed by atoms with Gasteiger partial charge in [0.15, 0.2) is 10.6 Å². The van der Waals surface area contributed by atoms with Gasteiger partial charge in [-0.3, -0.25) is 19.6 Å². The topological polar surface area (TPSA) is 142 Å². The van der Waals surface area contributed by atoms with E-state index in [0.29, 0.717) is 0 Å². The molecule has 110 valence electrons. The largest absolute Gasteiger partial charge is 0.505 e. The highest BCUT2D eigenvalue weighted by Crippen LogP contribution is 2.34. The number of anilines is 1. The van der Waals surface area contributed by atoms with Crippen LogP contribution in [0.4, 0.5) is 11.4 Å². The quantitative estimate of drug-likeness (QED) is 0.433. The molecular formula is C11H9N3O6S. The Labute approximate surface area is 118 Å². The molecule has 0 aliphatic heterocycles. The van der Waals surface area contributed by atoms with Crippen LogP contribution in [0.1, 0.15) is 0 Å². The SMILES string of the molecule is O=c1cc[nH]cc1S(=O)(=O)Nc1c(O)cccc1[N+](=O)[O-]. The van der Waals surface area contributed by atoms with Gasteiger partial charge in [0, 0.05) is 24.5 Å². The molecule has 0 unspecified atom stereocenters. The molecule has 0 atom stereocenters. The molecule has 9 nitrogen and oxygen atoms in total. The molecule has 0 aliphatic rings. The van der Waals surface area contributed by atoms with Crippen LogP contribution in [-0.2, 0) is 10.0 Å². The Morgan fingerprint density at radius 1 is 1.29 bits per heavy atom. The Balaban J connectivity index is 2.55. The molecule has 21 heavy (non-hydrogen) atoms. The van der Waals surface area contributed by atoms with Gasteiger partial charge >= 0.3 is 0 Å². The molecular weight excluding hydrogens is 302 g/mol. The minimum Gasteiger partial charge on any atom is -0.505 e. The van der Waals surface area contributed by atoms with Crippen LogP contribution in [0.25, 0.3) is 0 Å². The number of aromatic nitrogens is 1. The lowest BCUT2D eigenvalue weighted by Gasteiger charge is -2.09. The lowest BCUT2D eigenvalue weighted by molar-refractivity contribution is -0.383. The number of nitro benzene ring substituents is 1. The second-order valence-corrected chi connectivity index (χ2v) is 5.56. The Morgan fingerprint density at radius 2 is 2.00 bits per heavy atom. The van der Waals surface area contributed by atoms with Crippen LogP contribution in [0.2, 0.25) is 0 Å². The number of nitro groups is 1. The van der Waals surface area contributed by atoms with Gasteiger partial charge in [0.2, 0.25) is 5.43 Å². The van der Waals surface area contributed by atoms with Crippen LogP contribution in [0.3, 0.4) is 0 Å². The third-order valence-corrected chi connectivity index (χ3v) is 3.90. The van der Waals surface area contributed by atoms with Gasteiger partial charge in [0.25, 0.3) is 15.7 Å². The van der Waals surface area contributed by atoms with Gasteiger partial charge in [-0.1, -0.05) is 6.07 Å². The first-order valence-corrected chi connectivity index (χ1v) is 6.97. The zero-order chi connectivity index (χ0) is 15.6. The van der Waals surface area contributed by atoms with E-state index >= 15 is 0 Å². The summed E-state index contributed by atoms with van der Waals surface area (Å²) in [5.41, 5.74) is -2.03. The van der Waals surface area contributed by atoms with E-state index < -0.39 is 42.4 Å². The minimum atomic E-state index is -4.38. The first-order valence-electron chi connectivity index (χ1n) is 5.49. The molecule has 3 N–H and O–H groups in total. The number of nitrogens with zero attached hydrogens (tertiary/aromatic N) is 1. The van der Waals surface area contributed by atoms with Crippen molar-refractivity contribution >= 4 is 21.4 Å². The second-order valence-electron chi connectivity index (χ2n) is 3.91. The van der Waals surface area contributed by atoms with Crippen molar-refractivity contribution in [1.82, 2.24) is 4.98 Å². The summed E-state index contributed by atoms with van der Waals surface area (Å²) in [6.07, 6.45) is 2.18. The van der Waals surface area contributed by atoms with Crippen molar-refractivity contribution in [3.8, 4) is 5.75 Å². The summed E-state index contributed by atoms with van der Waals surface area (Å²) < 4.78 is 26.0. The van der Waals surface area contributed by atoms with Crippen molar-refractivity contribution in [2.75, 3.05) is 4.72 Å². The summed E-state index contributed by atoms with van der Waals surface area (Å²) in [5, 5.41) is 20.5. The number of aromatic amines is 1. The molecule has 0 saturated carbocycles. The monoisotopic (exact) mass is 311 g/mol. The number of phenols is 1. The summed E-state index contributed by atoms with van der Waals surface area (Å²) in [6.45, 7) is 0. The molecule has 0 saturated heterocycles. The van der Waals surface area contributed by atoms with Gasteiger partial charge in [-0.2, -0.15) is 0 Å². The first-order chi connectivity index (χ1) is 9.83. The molecule has 1 heterocycles. The van der Waals surface area contributed by atoms with Crippen molar-refractivity contribution in [2.24, 2.45) is 0 Å². The van der Waals surface area contributed by atoms with E-state index in [9.17, 15) is 28.4 Å². The minimum absolute atomic E-state index is 0.606. The summed E-state index contributed by atoms with van der Waals surface area (Å²) in [7, 11) is -4.38. The molecule has 10 heteroatoms. The van der Waals surface area contributed by atoms with Crippen LogP contribution >= 0.6 is 0 Å². The zero-order valence-electron chi connectivity index (χ0n) is 10.3. The van der Waals surface area contributed by atoms with E-state index in [1.54, 1.807) is 0 Å². The lowest BCUT2D eigenvalue weighted by Crippen LogP contribution is -2.21. The van der Waals surface area contributed by atoms with Crippen LogP contribution < -0.4 is 10.2 Å². The van der Waals surface area contributed by atoms with Gasteiger partial charge in [-0.15, -0.1) is 0 Å². The van der Waals surface area contributed by atoms with Crippen molar-refractivity contribution in [2.45, 2.75) is 4.90 Å². The molecule has 0 radical (unpaired) electrons. The number of para-hydroxylation sites is 1. The molecule has 2 rings (SSSR count). The van der Waals surface area contributed by atoms with Crippen molar-refractivity contribution in [3.63, 3.8) is 0 Å². The number of rotatable bonds is 4. The fourth-order valence-electron chi connectivity index (χ4n) is 1.59. The van der Waals surface area contributed by atoms with E-state index in [2.05, 4.69) is 4.98 Å². The van der Waals surface area contributed by atoms with Gasteiger partial charge in [-0.25, -0.2) is 8.42 Å². The molecule has 2 aromatic rings. The maximum Gasteiger partial charge on any atom is 0.297 e. The maximum atomic E-state index is 12.1. The highest BCUT2D eigenvalue weighted by Gasteiger charge is 2.25. The number of H-pyrrole nitrogens is 1. The first kappa shape index (κ1) is 14.5. The zero-order valence-corrected chi connectivity index (χ0v) is 11.1. The molecule has 0 aliphatic carbocycles. The second kappa shape index (κ2) is 5.25. The van der Waals surface area contributed by atoms with Crippen LogP contribution in [0.5, 0.6) is 5.75 Å². The summed E-state index contributed by atoms with van der Waals surface area (Å²) in [5.74, 6) is -0.625. The number of benzene rings is 1. The van der Waals surface area contributed by atoms with Gasteiger partial charge in [0.1, 0.15) is 5.75 Å². The normalized spacial score (nSPS) is 11.0. The molecule has 0 fully saturated rings. The van der Waals surface area contributed by atoms with E-state index in [1.165, 1.54) is 12.3 Å². The Kier molecular flexibility index (Phi) is 3.63. The molecule has 0 bridgehead atoms. The Morgan fingerprint density at radius 3 is 2.62 bits per heavy atom. The predicted octanol–water partition coefficient (Wildman–Crippen LogP) is 0.790. The van der Waals surface area contributed by atoms with Gasteiger partial charge < -0.3 is 10.1 Å². The van der Waals surface area contributed by atoms with Gasteiger partial charge in [0.05, 0.1) is 4.92 Å². The number of hydrogen-bond acceptors (Lipinski definition) is 6. The van der Waals surface area contributed by atoms with Crippen LogP contribution in [-0.4, -0.2) is 23.4 Å². The molecule has 0 amide bonds. The van der Waals surface area contributed by atoms with Crippen molar-refractivity contribution in [3.05, 3.63) is 57.0 Å². The highest BCUT2D eigenvalue weighted by molar-refractivity contribution is 7.92. The number of pyridine rings is 1. The lowest BCUT2D eigenvalue weighted by atomic mass is 10.2. The third-order valence-electron chi connectivity index (χ3n) is 2.53. The number of nitrogens with one attached hydrogen (secondary N) is 2. The van der Waals surface area contributed by atoms with Crippen molar-refractivity contribution in [1.29, 1.82) is 0 Å². The highest BCUT2D eigenvalue weighted by atomic mass is 32.2. The Bertz CT molecular complexity index is 858. The Hall–Kier alpha value is -2.88. The fraction of sp³-hybridized carbons (Fsp3) is 0. The maximum absolute atomic E-state index is 12.1. The number of phenolic OH excluding ortho intramolecular Hbond substituents is 1. The van der Waals surface area contributed by atoms with E-state index in [4.69, 9.17) is 0 Å². The standard InChI is InChI=1S/C11H9N3O6S/c15-8-4-5-12-6-10(8)21(19,20)13-11-7(14(17)18)2-1-3-9(11)16/h1-6,13,16H,(H,12,15). The van der Waals surface area contributed by atoms with Crippen LogP contribution in [0.15, 0.2) is 46.3 Å². The van der Waals surface area contributed by atoms with E-state index in [-0.39, 0.29) is 0 Å². The molecule has 1 aromatic carbocycles. The summed E-state index contributed by atoms with van der Waals surface area (Å²) in [6, 6.07) is 4.29. The average molecular weight is 311 g/mol. The van der Waals surface area contributed by atoms with E-state index in [1.807, 2.05) is 4.72 Å². The number of sulfonamides is 1. The summed E-state index contributed by atoms with van der Waals surface area (Å²) >= 11 is 0. The molecule has 0 spiro atoms. The third kappa shape index (κ3) is 2.84. The molecule has 1 aromatic heterocycles. The van der Waals surface area contributed by atoms with Crippen molar-refractivity contribution < 1.29 is 18.4 Å². The number of hydrogen-bond donors (Lipinski definition) is 3. The van der Waals surface area contributed by atoms with E-state index in [0.717, 1.165) is 24.4 Å². The van der Waals surface area contributed by atoms with Crippen LogP contribution in [0, 0.1) is 10.1 Å². The summed E-state index contributed by atoms with van der Waals surface area (Å²) in [4.78, 5) is 23.3. The predicted molar refractivity (Wildman–Crippen MR) is 72.6 cm³/mol. The average Bonchev–Trinajstić information content (AvgIpc) is 2.41. The fourth-order valence-corrected chi connectivity index (χ4v) is 2.73. The smallest absolute Gasteiger partial charge is 0.297 e. The van der Waals surface area contributed by atoms with Gasteiger partial charge in [-0.05, 0) is 6.07 Å².